The first-order valence-electron chi connectivity index (χ1n) is 6.87. The second-order valence-electron chi connectivity index (χ2n) is 5.35. The fourth-order valence-electron chi connectivity index (χ4n) is 2.58. The standard InChI is InChI=1S/C17H15ClFNO/c1-10-2-5-13(14(19)8-10)17(18)12-3-6-15-11(9-12)4-7-16(21)20-15/h2-3,5-6,8-9,17H,4,7H2,1H3,(H,20,21). The summed E-state index contributed by atoms with van der Waals surface area (Å²) in [5, 5.41) is 2.29. The van der Waals surface area contributed by atoms with Crippen molar-refractivity contribution in [3.8, 4) is 0 Å². The second-order valence-corrected chi connectivity index (χ2v) is 5.79. The number of alkyl halides is 1. The summed E-state index contributed by atoms with van der Waals surface area (Å²) >= 11 is 6.43. The zero-order valence-electron chi connectivity index (χ0n) is 11.6. The van der Waals surface area contributed by atoms with Gasteiger partial charge in [0.05, 0.1) is 5.38 Å². The highest BCUT2D eigenvalue weighted by Crippen LogP contribution is 2.34. The smallest absolute Gasteiger partial charge is 0.224 e. The van der Waals surface area contributed by atoms with Gasteiger partial charge in [-0.2, -0.15) is 0 Å². The third-order valence-electron chi connectivity index (χ3n) is 3.75. The fourth-order valence-corrected chi connectivity index (χ4v) is 2.89. The lowest BCUT2D eigenvalue weighted by molar-refractivity contribution is -0.116. The number of halogens is 2. The number of fused-ring (bicyclic) bond motifs is 1. The molecule has 1 heterocycles. The van der Waals surface area contributed by atoms with Crippen molar-refractivity contribution in [3.05, 3.63) is 64.5 Å². The minimum absolute atomic E-state index is 0.0299. The first kappa shape index (κ1) is 14.1. The molecule has 0 saturated carbocycles. The van der Waals surface area contributed by atoms with E-state index in [9.17, 15) is 9.18 Å². The van der Waals surface area contributed by atoms with Crippen molar-refractivity contribution in [2.24, 2.45) is 0 Å². The van der Waals surface area contributed by atoms with E-state index in [2.05, 4.69) is 5.32 Å². The van der Waals surface area contributed by atoms with Gasteiger partial charge < -0.3 is 5.32 Å². The maximum atomic E-state index is 14.0. The largest absolute Gasteiger partial charge is 0.326 e. The number of carbonyl (C=O) groups excluding carboxylic acids is 1. The van der Waals surface area contributed by atoms with Gasteiger partial charge in [-0.15, -0.1) is 11.6 Å². The average Bonchev–Trinajstić information content (AvgIpc) is 2.46. The molecule has 1 N–H and O–H groups in total. The Morgan fingerprint density at radius 2 is 2.00 bits per heavy atom. The van der Waals surface area contributed by atoms with Gasteiger partial charge in [0.1, 0.15) is 5.82 Å². The number of aryl methyl sites for hydroxylation is 2. The van der Waals surface area contributed by atoms with Crippen LogP contribution < -0.4 is 5.32 Å². The molecular formula is C17H15ClFNO. The Kier molecular flexibility index (Phi) is 3.68. The van der Waals surface area contributed by atoms with Gasteiger partial charge >= 0.3 is 0 Å². The van der Waals surface area contributed by atoms with Crippen LogP contribution in [0.1, 0.15) is 34.1 Å². The molecule has 0 radical (unpaired) electrons. The number of carbonyl (C=O) groups is 1. The molecule has 3 rings (SSSR count). The number of anilines is 1. The number of hydrogen-bond donors (Lipinski definition) is 1. The van der Waals surface area contributed by atoms with Gasteiger partial charge in [0, 0.05) is 17.7 Å². The van der Waals surface area contributed by atoms with Crippen molar-refractivity contribution in [2.45, 2.75) is 25.1 Å². The van der Waals surface area contributed by atoms with Gasteiger partial charge in [-0.3, -0.25) is 4.79 Å². The molecule has 1 aliphatic rings. The third-order valence-corrected chi connectivity index (χ3v) is 4.23. The zero-order chi connectivity index (χ0) is 15.0. The SMILES string of the molecule is Cc1ccc(C(Cl)c2ccc3c(c2)CCC(=O)N3)c(F)c1. The highest BCUT2D eigenvalue weighted by Gasteiger charge is 2.19. The van der Waals surface area contributed by atoms with Crippen molar-refractivity contribution in [2.75, 3.05) is 5.32 Å². The lowest BCUT2D eigenvalue weighted by Crippen LogP contribution is -2.19. The molecule has 0 aliphatic carbocycles. The van der Waals surface area contributed by atoms with Crippen molar-refractivity contribution in [1.29, 1.82) is 0 Å². The van der Waals surface area contributed by atoms with Crippen LogP contribution >= 0.6 is 11.6 Å². The van der Waals surface area contributed by atoms with Gasteiger partial charge in [-0.25, -0.2) is 4.39 Å². The molecule has 0 bridgehead atoms. The van der Waals surface area contributed by atoms with Crippen LogP contribution in [0.3, 0.4) is 0 Å². The van der Waals surface area contributed by atoms with Crippen LogP contribution in [0.15, 0.2) is 36.4 Å². The van der Waals surface area contributed by atoms with E-state index in [-0.39, 0.29) is 11.7 Å². The molecule has 1 atom stereocenters. The molecule has 1 unspecified atom stereocenters. The molecule has 4 heteroatoms. The van der Waals surface area contributed by atoms with Gasteiger partial charge in [0.2, 0.25) is 5.91 Å². The summed E-state index contributed by atoms with van der Waals surface area (Å²) in [4.78, 5) is 11.4. The summed E-state index contributed by atoms with van der Waals surface area (Å²) in [6.45, 7) is 1.84. The average molecular weight is 304 g/mol. The molecule has 1 aliphatic heterocycles. The van der Waals surface area contributed by atoms with E-state index < -0.39 is 5.38 Å². The zero-order valence-corrected chi connectivity index (χ0v) is 12.4. The first-order chi connectivity index (χ1) is 10.0. The number of rotatable bonds is 2. The highest BCUT2D eigenvalue weighted by molar-refractivity contribution is 6.22. The van der Waals surface area contributed by atoms with E-state index in [1.54, 1.807) is 6.07 Å². The Bertz CT molecular complexity index is 714. The van der Waals surface area contributed by atoms with Crippen molar-refractivity contribution >= 4 is 23.2 Å². The topological polar surface area (TPSA) is 29.1 Å². The Labute approximate surface area is 127 Å². The lowest BCUT2D eigenvalue weighted by Gasteiger charge is -2.19. The number of benzene rings is 2. The number of hydrogen-bond acceptors (Lipinski definition) is 1. The van der Waals surface area contributed by atoms with E-state index in [1.165, 1.54) is 6.07 Å². The van der Waals surface area contributed by atoms with E-state index >= 15 is 0 Å². The first-order valence-corrected chi connectivity index (χ1v) is 7.31. The molecule has 2 nitrogen and oxygen atoms in total. The molecule has 2 aromatic rings. The van der Waals surface area contributed by atoms with E-state index in [0.717, 1.165) is 22.4 Å². The molecular weight excluding hydrogens is 289 g/mol. The van der Waals surface area contributed by atoms with Gasteiger partial charge in [-0.05, 0) is 42.2 Å². The summed E-state index contributed by atoms with van der Waals surface area (Å²) in [5.41, 5.74) is 4.05. The summed E-state index contributed by atoms with van der Waals surface area (Å²) in [7, 11) is 0. The van der Waals surface area contributed by atoms with E-state index in [1.807, 2.05) is 31.2 Å². The second kappa shape index (κ2) is 5.49. The Morgan fingerprint density at radius 3 is 2.76 bits per heavy atom. The van der Waals surface area contributed by atoms with E-state index in [4.69, 9.17) is 11.6 Å². The normalized spacial score (nSPS) is 15.3. The maximum Gasteiger partial charge on any atom is 0.224 e. The van der Waals surface area contributed by atoms with Crippen molar-refractivity contribution in [3.63, 3.8) is 0 Å². The number of amides is 1. The molecule has 0 spiro atoms. The molecule has 21 heavy (non-hydrogen) atoms. The maximum absolute atomic E-state index is 14.0. The van der Waals surface area contributed by atoms with Crippen LogP contribution in [0, 0.1) is 12.7 Å². The van der Waals surface area contributed by atoms with Crippen LogP contribution in [0.5, 0.6) is 0 Å². The lowest BCUT2D eigenvalue weighted by atomic mass is 9.96. The summed E-state index contributed by atoms with van der Waals surface area (Å²) in [5.74, 6) is -0.261. The molecule has 2 aromatic carbocycles. The van der Waals surface area contributed by atoms with Crippen LogP contribution in [0.25, 0.3) is 0 Å². The van der Waals surface area contributed by atoms with Gasteiger partial charge in [-0.1, -0.05) is 24.3 Å². The number of nitrogens with one attached hydrogen (secondary N) is 1. The van der Waals surface area contributed by atoms with Crippen molar-refractivity contribution < 1.29 is 9.18 Å². The Morgan fingerprint density at radius 1 is 1.19 bits per heavy atom. The summed E-state index contributed by atoms with van der Waals surface area (Å²) in [6.07, 6.45) is 1.16. The quantitative estimate of drug-likeness (QED) is 0.821. The van der Waals surface area contributed by atoms with Crippen LogP contribution in [-0.2, 0) is 11.2 Å². The monoisotopic (exact) mass is 303 g/mol. The van der Waals surface area contributed by atoms with Crippen molar-refractivity contribution in [1.82, 2.24) is 0 Å². The predicted molar refractivity (Wildman–Crippen MR) is 82.2 cm³/mol. The Balaban J connectivity index is 1.95. The van der Waals surface area contributed by atoms with Crippen LogP contribution in [0.4, 0.5) is 10.1 Å². The Hall–Kier alpha value is -1.87. The molecule has 0 aromatic heterocycles. The van der Waals surface area contributed by atoms with E-state index in [0.29, 0.717) is 18.4 Å². The summed E-state index contributed by atoms with van der Waals surface area (Å²) in [6, 6.07) is 10.7. The molecule has 0 saturated heterocycles. The minimum Gasteiger partial charge on any atom is -0.326 e. The van der Waals surface area contributed by atoms with Gasteiger partial charge in [0.15, 0.2) is 0 Å². The van der Waals surface area contributed by atoms with Crippen LogP contribution in [-0.4, -0.2) is 5.91 Å². The minimum atomic E-state index is -0.534. The van der Waals surface area contributed by atoms with Crippen LogP contribution in [0.2, 0.25) is 0 Å². The third kappa shape index (κ3) is 2.79. The van der Waals surface area contributed by atoms with Gasteiger partial charge in [0.25, 0.3) is 0 Å². The fraction of sp³-hybridized carbons (Fsp3) is 0.235. The predicted octanol–water partition coefficient (Wildman–Crippen LogP) is 4.35. The molecule has 0 fully saturated rings. The highest BCUT2D eigenvalue weighted by atomic mass is 35.5. The molecule has 108 valence electrons. The molecule has 1 amide bonds. The summed E-state index contributed by atoms with van der Waals surface area (Å²) < 4.78 is 14.0.